The molecule has 1 heterocycles. The molecule has 2 aromatic rings. The van der Waals surface area contributed by atoms with Crippen molar-refractivity contribution in [3.8, 4) is 0 Å². The van der Waals surface area contributed by atoms with E-state index >= 15 is 0 Å². The molecule has 0 saturated heterocycles. The Morgan fingerprint density at radius 2 is 2.00 bits per heavy atom. The highest BCUT2D eigenvalue weighted by Gasteiger charge is 2.02. The van der Waals surface area contributed by atoms with Crippen molar-refractivity contribution in [2.45, 2.75) is 12.8 Å². The first-order chi connectivity index (χ1) is 7.78. The van der Waals surface area contributed by atoms with Crippen LogP contribution in [0.4, 0.5) is 0 Å². The third kappa shape index (κ3) is 3.04. The lowest BCUT2D eigenvalue weighted by atomic mass is 10.2. The van der Waals surface area contributed by atoms with Crippen molar-refractivity contribution in [3.05, 3.63) is 50.9 Å². The molecule has 0 bridgehead atoms. The number of hydrogen-bond acceptors (Lipinski definition) is 3. The number of benzene rings is 1. The molecule has 0 saturated carbocycles. The summed E-state index contributed by atoms with van der Waals surface area (Å²) in [5.74, 6) is 0. The zero-order valence-electron chi connectivity index (χ0n) is 8.82. The summed E-state index contributed by atoms with van der Waals surface area (Å²) in [5, 5.41) is 1.90. The maximum absolute atomic E-state index is 5.83. The summed E-state index contributed by atoms with van der Waals surface area (Å²) >= 11 is 7.57. The van der Waals surface area contributed by atoms with Gasteiger partial charge >= 0.3 is 0 Å². The molecule has 0 unspecified atom stereocenters. The highest BCUT2D eigenvalue weighted by Crippen LogP contribution is 2.18. The van der Waals surface area contributed by atoms with Crippen LogP contribution < -0.4 is 5.73 Å². The van der Waals surface area contributed by atoms with Gasteiger partial charge in [0.25, 0.3) is 0 Å². The fourth-order valence-corrected chi connectivity index (χ4v) is 2.56. The van der Waals surface area contributed by atoms with E-state index in [-0.39, 0.29) is 0 Å². The van der Waals surface area contributed by atoms with Gasteiger partial charge in [-0.25, -0.2) is 4.98 Å². The lowest BCUT2D eigenvalue weighted by Gasteiger charge is -1.97. The zero-order valence-corrected chi connectivity index (χ0v) is 10.4. The van der Waals surface area contributed by atoms with Gasteiger partial charge in [-0.3, -0.25) is 0 Å². The molecular weight excluding hydrogens is 240 g/mol. The average molecular weight is 253 g/mol. The normalized spacial score (nSPS) is 10.6. The molecule has 0 fully saturated rings. The molecule has 0 amide bonds. The zero-order chi connectivity index (χ0) is 11.4. The second-order valence-electron chi connectivity index (χ2n) is 3.56. The minimum Gasteiger partial charge on any atom is -0.330 e. The number of halogens is 1. The Morgan fingerprint density at radius 1 is 1.25 bits per heavy atom. The van der Waals surface area contributed by atoms with Gasteiger partial charge in [-0.2, -0.15) is 0 Å². The van der Waals surface area contributed by atoms with Crippen LogP contribution in [0.25, 0.3) is 0 Å². The second kappa shape index (κ2) is 5.43. The van der Waals surface area contributed by atoms with Crippen molar-refractivity contribution in [1.82, 2.24) is 4.98 Å². The van der Waals surface area contributed by atoms with Crippen LogP contribution in [-0.2, 0) is 12.8 Å². The number of nitrogens with two attached hydrogens (primary N) is 1. The van der Waals surface area contributed by atoms with Crippen LogP contribution >= 0.6 is 22.9 Å². The molecule has 0 atom stereocenters. The SMILES string of the molecule is NCCc1cnc(Cc2ccc(Cl)cc2)s1. The standard InChI is InChI=1S/C12H13ClN2S/c13-10-3-1-9(2-4-10)7-12-15-8-11(16-12)5-6-14/h1-4,8H,5-7,14H2. The van der Waals surface area contributed by atoms with Gasteiger partial charge in [-0.15, -0.1) is 11.3 Å². The summed E-state index contributed by atoms with van der Waals surface area (Å²) in [4.78, 5) is 5.64. The Labute approximate surface area is 104 Å². The van der Waals surface area contributed by atoms with Crippen LogP contribution in [0.1, 0.15) is 15.4 Å². The van der Waals surface area contributed by atoms with Crippen molar-refractivity contribution in [2.24, 2.45) is 5.73 Å². The summed E-state index contributed by atoms with van der Waals surface area (Å²) in [6.07, 6.45) is 3.70. The Balaban J connectivity index is 2.05. The molecule has 0 aliphatic rings. The Hall–Kier alpha value is -0.900. The highest BCUT2D eigenvalue weighted by molar-refractivity contribution is 7.11. The molecule has 0 aliphatic heterocycles. The quantitative estimate of drug-likeness (QED) is 0.909. The first-order valence-corrected chi connectivity index (χ1v) is 6.35. The van der Waals surface area contributed by atoms with E-state index in [9.17, 15) is 0 Å². The summed E-state index contributed by atoms with van der Waals surface area (Å²) in [7, 11) is 0. The summed E-state index contributed by atoms with van der Waals surface area (Å²) < 4.78 is 0. The van der Waals surface area contributed by atoms with Crippen LogP contribution in [0.5, 0.6) is 0 Å². The third-order valence-corrected chi connectivity index (χ3v) is 3.57. The van der Waals surface area contributed by atoms with Crippen LogP contribution in [-0.4, -0.2) is 11.5 Å². The van der Waals surface area contributed by atoms with Gasteiger partial charge in [0, 0.05) is 22.5 Å². The summed E-state index contributed by atoms with van der Waals surface area (Å²) in [6.45, 7) is 0.683. The van der Waals surface area contributed by atoms with Gasteiger partial charge in [0.2, 0.25) is 0 Å². The van der Waals surface area contributed by atoms with Gasteiger partial charge in [-0.1, -0.05) is 23.7 Å². The molecule has 4 heteroatoms. The van der Waals surface area contributed by atoms with E-state index in [0.29, 0.717) is 6.54 Å². The molecule has 1 aromatic heterocycles. The lowest BCUT2D eigenvalue weighted by molar-refractivity contribution is 0.983. The molecule has 1 aromatic carbocycles. The Morgan fingerprint density at radius 3 is 2.69 bits per heavy atom. The fraction of sp³-hybridized carbons (Fsp3) is 0.250. The Bertz CT molecular complexity index is 450. The van der Waals surface area contributed by atoms with Gasteiger partial charge in [0.05, 0.1) is 5.01 Å². The molecular formula is C12H13ClN2S. The monoisotopic (exact) mass is 252 g/mol. The van der Waals surface area contributed by atoms with E-state index < -0.39 is 0 Å². The fourth-order valence-electron chi connectivity index (χ4n) is 1.46. The van der Waals surface area contributed by atoms with Gasteiger partial charge in [0.1, 0.15) is 0 Å². The van der Waals surface area contributed by atoms with Crippen molar-refractivity contribution < 1.29 is 0 Å². The topological polar surface area (TPSA) is 38.9 Å². The molecule has 16 heavy (non-hydrogen) atoms. The number of rotatable bonds is 4. The lowest BCUT2D eigenvalue weighted by Crippen LogP contribution is -2.00. The van der Waals surface area contributed by atoms with E-state index in [2.05, 4.69) is 4.98 Å². The van der Waals surface area contributed by atoms with Crippen molar-refractivity contribution in [1.29, 1.82) is 0 Å². The molecule has 0 spiro atoms. The predicted molar refractivity (Wildman–Crippen MR) is 69.1 cm³/mol. The largest absolute Gasteiger partial charge is 0.330 e. The molecule has 2 N–H and O–H groups in total. The number of hydrogen-bond donors (Lipinski definition) is 1. The number of thiazole rings is 1. The average Bonchev–Trinajstić information content (AvgIpc) is 2.70. The van der Waals surface area contributed by atoms with E-state index in [1.807, 2.05) is 30.5 Å². The maximum Gasteiger partial charge on any atom is 0.0971 e. The van der Waals surface area contributed by atoms with Gasteiger partial charge in [-0.05, 0) is 30.7 Å². The summed E-state index contributed by atoms with van der Waals surface area (Å²) in [6, 6.07) is 7.88. The van der Waals surface area contributed by atoms with E-state index in [4.69, 9.17) is 17.3 Å². The van der Waals surface area contributed by atoms with E-state index in [1.54, 1.807) is 11.3 Å². The smallest absolute Gasteiger partial charge is 0.0971 e. The van der Waals surface area contributed by atoms with E-state index in [1.165, 1.54) is 10.4 Å². The first-order valence-electron chi connectivity index (χ1n) is 5.16. The molecule has 2 nitrogen and oxygen atoms in total. The predicted octanol–water partition coefficient (Wildman–Crippen LogP) is 2.89. The third-order valence-electron chi connectivity index (χ3n) is 2.26. The van der Waals surface area contributed by atoms with Crippen LogP contribution in [0, 0.1) is 0 Å². The van der Waals surface area contributed by atoms with Crippen LogP contribution in [0.2, 0.25) is 5.02 Å². The molecule has 0 aliphatic carbocycles. The van der Waals surface area contributed by atoms with E-state index in [0.717, 1.165) is 22.9 Å². The number of nitrogens with zero attached hydrogens (tertiary/aromatic N) is 1. The molecule has 0 radical (unpaired) electrons. The van der Waals surface area contributed by atoms with Crippen molar-refractivity contribution >= 4 is 22.9 Å². The first kappa shape index (κ1) is 11.6. The number of aromatic nitrogens is 1. The van der Waals surface area contributed by atoms with Gasteiger partial charge in [0.15, 0.2) is 0 Å². The van der Waals surface area contributed by atoms with Crippen LogP contribution in [0.15, 0.2) is 30.5 Å². The van der Waals surface area contributed by atoms with Crippen molar-refractivity contribution in [3.63, 3.8) is 0 Å². The Kier molecular flexibility index (Phi) is 3.93. The highest BCUT2D eigenvalue weighted by atomic mass is 35.5. The minimum absolute atomic E-state index is 0.683. The van der Waals surface area contributed by atoms with Gasteiger partial charge < -0.3 is 5.73 Å². The summed E-state index contributed by atoms with van der Waals surface area (Å²) in [5.41, 5.74) is 6.74. The van der Waals surface area contributed by atoms with Crippen molar-refractivity contribution in [2.75, 3.05) is 6.54 Å². The van der Waals surface area contributed by atoms with Crippen LogP contribution in [0.3, 0.4) is 0 Å². The second-order valence-corrected chi connectivity index (χ2v) is 5.20. The molecule has 2 rings (SSSR count). The molecule has 84 valence electrons. The maximum atomic E-state index is 5.83. The minimum atomic E-state index is 0.683.